The molecule has 4 nitrogen and oxygen atoms in total. The van der Waals surface area contributed by atoms with E-state index < -0.39 is 0 Å². The second kappa shape index (κ2) is 5.64. The normalized spacial score (nSPS) is 21.2. The van der Waals surface area contributed by atoms with Crippen LogP contribution in [0.4, 0.5) is 0 Å². The zero-order valence-corrected chi connectivity index (χ0v) is 10.5. The van der Waals surface area contributed by atoms with Crippen molar-refractivity contribution in [1.29, 1.82) is 0 Å². The van der Waals surface area contributed by atoms with E-state index in [1.54, 1.807) is 7.11 Å². The molecule has 0 aliphatic heterocycles. The van der Waals surface area contributed by atoms with Crippen LogP contribution in [0.2, 0.25) is 0 Å². The average Bonchev–Trinajstić information content (AvgIpc) is 3.06. The summed E-state index contributed by atoms with van der Waals surface area (Å²) >= 11 is 0. The van der Waals surface area contributed by atoms with Crippen LogP contribution in [0.1, 0.15) is 33.1 Å². The van der Waals surface area contributed by atoms with Gasteiger partial charge in [-0.2, -0.15) is 0 Å². The van der Waals surface area contributed by atoms with Crippen LogP contribution in [0.25, 0.3) is 0 Å². The maximum Gasteiger partial charge on any atom is 0.226 e. The predicted molar refractivity (Wildman–Crippen MR) is 62.0 cm³/mol. The van der Waals surface area contributed by atoms with Gasteiger partial charge in [0, 0.05) is 26.4 Å². The van der Waals surface area contributed by atoms with Gasteiger partial charge in [-0.15, -0.1) is 0 Å². The highest BCUT2D eigenvalue weighted by Crippen LogP contribution is 2.49. The first kappa shape index (κ1) is 13.5. The number of carbonyl (C=O) groups excluding carboxylic acids is 1. The minimum absolute atomic E-state index is 0.0255. The van der Waals surface area contributed by atoms with Crippen LogP contribution in [-0.2, 0) is 9.53 Å². The summed E-state index contributed by atoms with van der Waals surface area (Å²) in [7, 11) is 1.66. The molecule has 0 aromatic carbocycles. The van der Waals surface area contributed by atoms with Crippen molar-refractivity contribution < 1.29 is 14.6 Å². The van der Waals surface area contributed by atoms with E-state index in [1.165, 1.54) is 0 Å². The fraction of sp³-hybridized carbons (Fsp3) is 0.917. The summed E-state index contributed by atoms with van der Waals surface area (Å²) in [6.45, 7) is 4.61. The lowest BCUT2D eigenvalue weighted by Crippen LogP contribution is -2.42. The third-order valence-electron chi connectivity index (χ3n) is 3.62. The predicted octanol–water partition coefficient (Wildman–Crippen LogP) is 0.936. The molecular weight excluding hydrogens is 206 g/mol. The largest absolute Gasteiger partial charge is 0.396 e. The van der Waals surface area contributed by atoms with Crippen LogP contribution in [-0.4, -0.2) is 37.4 Å². The number of aliphatic hydroxyl groups excluding tert-OH is 1. The molecule has 4 heteroatoms. The van der Waals surface area contributed by atoms with Gasteiger partial charge in [-0.3, -0.25) is 4.79 Å². The molecule has 0 saturated heterocycles. The van der Waals surface area contributed by atoms with Gasteiger partial charge in [0.05, 0.1) is 5.41 Å². The van der Waals surface area contributed by atoms with E-state index in [1.807, 2.05) is 13.8 Å². The Morgan fingerprint density at radius 1 is 1.50 bits per heavy atom. The number of aliphatic hydroxyl groups is 1. The quantitative estimate of drug-likeness (QED) is 0.683. The van der Waals surface area contributed by atoms with E-state index in [4.69, 9.17) is 9.84 Å². The number of amides is 1. The molecule has 0 radical (unpaired) electrons. The summed E-state index contributed by atoms with van der Waals surface area (Å²) in [5.74, 6) is 0.222. The van der Waals surface area contributed by atoms with Crippen LogP contribution in [0.15, 0.2) is 0 Å². The second-order valence-corrected chi connectivity index (χ2v) is 4.95. The molecule has 1 amide bonds. The number of hydrogen-bond donors (Lipinski definition) is 2. The third-order valence-corrected chi connectivity index (χ3v) is 3.62. The Labute approximate surface area is 97.4 Å². The van der Waals surface area contributed by atoms with E-state index in [0.29, 0.717) is 6.61 Å². The van der Waals surface area contributed by atoms with Crippen molar-refractivity contribution in [1.82, 2.24) is 5.32 Å². The van der Waals surface area contributed by atoms with Crippen molar-refractivity contribution in [2.75, 3.05) is 20.3 Å². The van der Waals surface area contributed by atoms with Gasteiger partial charge >= 0.3 is 0 Å². The maximum absolute atomic E-state index is 12.0. The number of carbonyl (C=O) groups is 1. The molecule has 0 heterocycles. The van der Waals surface area contributed by atoms with Crippen molar-refractivity contribution in [3.8, 4) is 0 Å². The van der Waals surface area contributed by atoms with Crippen LogP contribution in [0.3, 0.4) is 0 Å². The van der Waals surface area contributed by atoms with Gasteiger partial charge < -0.3 is 15.2 Å². The molecule has 94 valence electrons. The summed E-state index contributed by atoms with van der Waals surface area (Å²) in [5.41, 5.74) is -0.181. The van der Waals surface area contributed by atoms with Crippen LogP contribution < -0.4 is 5.32 Å². The standard InChI is InChI=1S/C12H23NO3/c1-9(8-14)10(2)13-11(15)12(4-5-12)6-7-16-3/h9-10,14H,4-8H2,1-3H3,(H,13,15). The van der Waals surface area contributed by atoms with E-state index in [9.17, 15) is 4.79 Å². The summed E-state index contributed by atoms with van der Waals surface area (Å²) in [4.78, 5) is 12.0. The smallest absolute Gasteiger partial charge is 0.226 e. The van der Waals surface area contributed by atoms with E-state index in [2.05, 4.69) is 5.32 Å². The van der Waals surface area contributed by atoms with Gasteiger partial charge in [-0.25, -0.2) is 0 Å². The molecule has 2 atom stereocenters. The number of methoxy groups -OCH3 is 1. The maximum atomic E-state index is 12.0. The second-order valence-electron chi connectivity index (χ2n) is 4.95. The first-order valence-electron chi connectivity index (χ1n) is 5.96. The highest BCUT2D eigenvalue weighted by Gasteiger charge is 2.49. The third kappa shape index (κ3) is 3.19. The summed E-state index contributed by atoms with van der Waals surface area (Å²) < 4.78 is 5.02. The lowest BCUT2D eigenvalue weighted by atomic mass is 9.99. The first-order valence-corrected chi connectivity index (χ1v) is 5.96. The molecule has 1 rings (SSSR count). The Bertz CT molecular complexity index is 238. The minimum Gasteiger partial charge on any atom is -0.396 e. The SMILES string of the molecule is COCCC1(C(=O)NC(C)C(C)CO)CC1. The Balaban J connectivity index is 2.40. The number of rotatable bonds is 7. The molecule has 1 saturated carbocycles. The number of ether oxygens (including phenoxy) is 1. The molecule has 0 aromatic rings. The first-order chi connectivity index (χ1) is 7.55. The van der Waals surface area contributed by atoms with Crippen LogP contribution in [0, 0.1) is 11.3 Å². The van der Waals surface area contributed by atoms with Crippen molar-refractivity contribution in [3.63, 3.8) is 0 Å². The monoisotopic (exact) mass is 229 g/mol. The van der Waals surface area contributed by atoms with Crippen molar-refractivity contribution >= 4 is 5.91 Å². The molecule has 0 aromatic heterocycles. The topological polar surface area (TPSA) is 58.6 Å². The van der Waals surface area contributed by atoms with Gasteiger partial charge in [-0.1, -0.05) is 6.92 Å². The molecule has 1 aliphatic carbocycles. The highest BCUT2D eigenvalue weighted by atomic mass is 16.5. The van der Waals surface area contributed by atoms with E-state index >= 15 is 0 Å². The van der Waals surface area contributed by atoms with Gasteiger partial charge in [0.15, 0.2) is 0 Å². The van der Waals surface area contributed by atoms with Gasteiger partial charge in [-0.05, 0) is 32.1 Å². The van der Waals surface area contributed by atoms with Crippen LogP contribution in [0.5, 0.6) is 0 Å². The summed E-state index contributed by atoms with van der Waals surface area (Å²) in [5, 5.41) is 12.0. The minimum atomic E-state index is -0.181. The Hall–Kier alpha value is -0.610. The fourth-order valence-corrected chi connectivity index (χ4v) is 1.70. The van der Waals surface area contributed by atoms with Gasteiger partial charge in [0.25, 0.3) is 0 Å². The van der Waals surface area contributed by atoms with Crippen molar-refractivity contribution in [2.24, 2.45) is 11.3 Å². The summed E-state index contributed by atoms with van der Waals surface area (Å²) in [6.07, 6.45) is 2.72. The van der Waals surface area contributed by atoms with Crippen LogP contribution >= 0.6 is 0 Å². The molecule has 1 fully saturated rings. The molecule has 16 heavy (non-hydrogen) atoms. The Kier molecular flexibility index (Phi) is 4.74. The summed E-state index contributed by atoms with van der Waals surface area (Å²) in [6, 6.07) is 0.0255. The molecule has 2 unspecified atom stereocenters. The number of hydrogen-bond acceptors (Lipinski definition) is 3. The average molecular weight is 229 g/mol. The van der Waals surface area contributed by atoms with Crippen molar-refractivity contribution in [3.05, 3.63) is 0 Å². The fourth-order valence-electron chi connectivity index (χ4n) is 1.70. The zero-order valence-electron chi connectivity index (χ0n) is 10.5. The highest BCUT2D eigenvalue weighted by molar-refractivity contribution is 5.85. The molecule has 1 aliphatic rings. The van der Waals surface area contributed by atoms with Gasteiger partial charge in [0.2, 0.25) is 5.91 Å². The Morgan fingerprint density at radius 2 is 2.12 bits per heavy atom. The molecule has 2 N–H and O–H groups in total. The van der Waals surface area contributed by atoms with E-state index in [-0.39, 0.29) is 29.9 Å². The number of nitrogens with one attached hydrogen (secondary N) is 1. The Morgan fingerprint density at radius 3 is 2.56 bits per heavy atom. The van der Waals surface area contributed by atoms with Gasteiger partial charge in [0.1, 0.15) is 0 Å². The lowest BCUT2D eigenvalue weighted by Gasteiger charge is -2.23. The molecule has 0 spiro atoms. The zero-order chi connectivity index (χ0) is 12.2. The lowest BCUT2D eigenvalue weighted by molar-refractivity contribution is -0.128. The van der Waals surface area contributed by atoms with Crippen molar-refractivity contribution in [2.45, 2.75) is 39.2 Å². The molecular formula is C12H23NO3. The van der Waals surface area contributed by atoms with E-state index in [0.717, 1.165) is 19.3 Å². The molecule has 0 bridgehead atoms.